The molecule has 1 aliphatic heterocycles. The standard InChI is InChI=1S/C18H28N2O/c1-5-6-16-11-14(13-21)12-17(19-16)20-9-7-15(8-10-20)18(2,3)4/h7,11-12,21H,5-6,8-10,13H2,1-4H3. The number of aliphatic hydroxyl groups excluding tert-OH is 1. The second-order valence-electron chi connectivity index (χ2n) is 6.91. The first-order chi connectivity index (χ1) is 9.94. The molecule has 0 radical (unpaired) electrons. The molecule has 1 aromatic rings. The van der Waals surface area contributed by atoms with Crippen LogP contribution in [0.15, 0.2) is 23.8 Å². The fraction of sp³-hybridized carbons (Fsp3) is 0.611. The minimum Gasteiger partial charge on any atom is -0.392 e. The van der Waals surface area contributed by atoms with Crippen LogP contribution in [0.4, 0.5) is 5.82 Å². The molecule has 0 bridgehead atoms. The first-order valence-electron chi connectivity index (χ1n) is 7.99. The maximum absolute atomic E-state index is 9.44. The molecule has 0 atom stereocenters. The Morgan fingerprint density at radius 1 is 1.29 bits per heavy atom. The third-order valence-electron chi connectivity index (χ3n) is 4.11. The maximum atomic E-state index is 9.44. The predicted octanol–water partition coefficient (Wildman–Crippen LogP) is 3.71. The first-order valence-corrected chi connectivity index (χ1v) is 7.99. The van der Waals surface area contributed by atoms with Crippen LogP contribution in [0.1, 0.15) is 51.8 Å². The summed E-state index contributed by atoms with van der Waals surface area (Å²) in [6.45, 7) is 11.0. The molecule has 3 nitrogen and oxygen atoms in total. The zero-order valence-corrected chi connectivity index (χ0v) is 13.8. The van der Waals surface area contributed by atoms with Gasteiger partial charge in [0.1, 0.15) is 5.82 Å². The largest absolute Gasteiger partial charge is 0.392 e. The molecule has 0 saturated carbocycles. The van der Waals surface area contributed by atoms with Crippen LogP contribution < -0.4 is 4.90 Å². The van der Waals surface area contributed by atoms with E-state index in [-0.39, 0.29) is 12.0 Å². The van der Waals surface area contributed by atoms with Gasteiger partial charge in [0.25, 0.3) is 0 Å². The third-order valence-corrected chi connectivity index (χ3v) is 4.11. The van der Waals surface area contributed by atoms with Crippen molar-refractivity contribution in [2.45, 2.75) is 53.6 Å². The highest BCUT2D eigenvalue weighted by Gasteiger charge is 2.22. The van der Waals surface area contributed by atoms with Crippen LogP contribution in [-0.2, 0) is 13.0 Å². The monoisotopic (exact) mass is 288 g/mol. The van der Waals surface area contributed by atoms with Gasteiger partial charge in [-0.15, -0.1) is 0 Å². The lowest BCUT2D eigenvalue weighted by atomic mass is 9.83. The third kappa shape index (κ3) is 4.07. The number of pyridine rings is 1. The van der Waals surface area contributed by atoms with Crippen molar-refractivity contribution in [3.8, 4) is 0 Å². The van der Waals surface area contributed by atoms with Gasteiger partial charge in [-0.2, -0.15) is 0 Å². The molecule has 116 valence electrons. The average Bonchev–Trinajstić information content (AvgIpc) is 2.46. The molecule has 1 aliphatic rings. The van der Waals surface area contributed by atoms with Crippen molar-refractivity contribution in [2.75, 3.05) is 18.0 Å². The second kappa shape index (κ2) is 6.61. The van der Waals surface area contributed by atoms with Crippen LogP contribution >= 0.6 is 0 Å². The van der Waals surface area contributed by atoms with Gasteiger partial charge < -0.3 is 10.0 Å². The molecule has 0 aromatic carbocycles. The fourth-order valence-corrected chi connectivity index (χ4v) is 2.83. The predicted molar refractivity (Wildman–Crippen MR) is 88.5 cm³/mol. The number of anilines is 1. The number of aryl methyl sites for hydroxylation is 1. The summed E-state index contributed by atoms with van der Waals surface area (Å²) >= 11 is 0. The van der Waals surface area contributed by atoms with Gasteiger partial charge in [-0.1, -0.05) is 45.8 Å². The summed E-state index contributed by atoms with van der Waals surface area (Å²) in [5.41, 5.74) is 3.85. The zero-order valence-electron chi connectivity index (χ0n) is 13.8. The lowest BCUT2D eigenvalue weighted by molar-refractivity contribution is 0.281. The number of hydrogen-bond acceptors (Lipinski definition) is 3. The van der Waals surface area contributed by atoms with E-state index in [9.17, 15) is 5.11 Å². The molecule has 0 aliphatic carbocycles. The van der Waals surface area contributed by atoms with Crippen molar-refractivity contribution in [3.05, 3.63) is 35.0 Å². The number of aliphatic hydroxyl groups is 1. The normalized spacial score (nSPS) is 16.0. The van der Waals surface area contributed by atoms with Crippen LogP contribution in [0.3, 0.4) is 0 Å². The van der Waals surface area contributed by atoms with Crippen LogP contribution in [0, 0.1) is 5.41 Å². The van der Waals surface area contributed by atoms with E-state index in [4.69, 9.17) is 4.98 Å². The van der Waals surface area contributed by atoms with Gasteiger partial charge in [0.15, 0.2) is 0 Å². The van der Waals surface area contributed by atoms with Crippen molar-refractivity contribution in [2.24, 2.45) is 5.41 Å². The van der Waals surface area contributed by atoms with Gasteiger partial charge in [-0.05, 0) is 36.0 Å². The molecule has 1 N–H and O–H groups in total. The zero-order chi connectivity index (χ0) is 15.5. The summed E-state index contributed by atoms with van der Waals surface area (Å²) in [5.74, 6) is 1.01. The summed E-state index contributed by atoms with van der Waals surface area (Å²) in [6.07, 6.45) is 5.49. The lowest BCUT2D eigenvalue weighted by Gasteiger charge is -2.33. The number of aromatic nitrogens is 1. The highest BCUT2D eigenvalue weighted by Crippen LogP contribution is 2.31. The average molecular weight is 288 g/mol. The van der Waals surface area contributed by atoms with Crippen LogP contribution in [0.2, 0.25) is 0 Å². The Morgan fingerprint density at radius 2 is 2.05 bits per heavy atom. The molecule has 2 heterocycles. The minimum absolute atomic E-state index is 0.0865. The Bertz CT molecular complexity index is 514. The minimum atomic E-state index is 0.0865. The molecule has 0 saturated heterocycles. The molecular formula is C18H28N2O. The van der Waals surface area contributed by atoms with Crippen molar-refractivity contribution in [1.82, 2.24) is 4.98 Å². The van der Waals surface area contributed by atoms with Gasteiger partial charge in [0, 0.05) is 18.8 Å². The van der Waals surface area contributed by atoms with Gasteiger partial charge in [-0.25, -0.2) is 4.98 Å². The molecule has 0 unspecified atom stereocenters. The van der Waals surface area contributed by atoms with Crippen LogP contribution in [0.5, 0.6) is 0 Å². The highest BCUT2D eigenvalue weighted by molar-refractivity contribution is 5.45. The number of rotatable bonds is 4. The van der Waals surface area contributed by atoms with E-state index in [1.54, 1.807) is 0 Å². The molecule has 2 rings (SSSR count). The molecule has 0 fully saturated rings. The summed E-state index contributed by atoms with van der Waals surface area (Å²) < 4.78 is 0. The molecular weight excluding hydrogens is 260 g/mol. The van der Waals surface area contributed by atoms with E-state index >= 15 is 0 Å². The summed E-state index contributed by atoms with van der Waals surface area (Å²) in [6, 6.07) is 4.04. The van der Waals surface area contributed by atoms with Gasteiger partial charge in [0.2, 0.25) is 0 Å². The Balaban J connectivity index is 2.19. The van der Waals surface area contributed by atoms with Crippen LogP contribution in [0.25, 0.3) is 0 Å². The van der Waals surface area contributed by atoms with Crippen molar-refractivity contribution < 1.29 is 5.11 Å². The van der Waals surface area contributed by atoms with E-state index in [1.807, 2.05) is 12.1 Å². The summed E-state index contributed by atoms with van der Waals surface area (Å²) in [4.78, 5) is 7.08. The quantitative estimate of drug-likeness (QED) is 0.858. The Labute approximate surface area is 128 Å². The molecule has 0 spiro atoms. The van der Waals surface area contributed by atoms with E-state index < -0.39 is 0 Å². The van der Waals surface area contributed by atoms with Crippen LogP contribution in [-0.4, -0.2) is 23.2 Å². The first kappa shape index (κ1) is 16.0. The Hall–Kier alpha value is -1.35. The lowest BCUT2D eigenvalue weighted by Crippen LogP contribution is -2.32. The SMILES string of the molecule is CCCc1cc(CO)cc(N2CC=C(C(C)(C)C)CC2)n1. The molecule has 1 aromatic heterocycles. The van der Waals surface area contributed by atoms with E-state index in [2.05, 4.69) is 38.7 Å². The van der Waals surface area contributed by atoms with Gasteiger partial charge in [0.05, 0.1) is 6.61 Å². The fourth-order valence-electron chi connectivity index (χ4n) is 2.83. The van der Waals surface area contributed by atoms with E-state index in [1.165, 1.54) is 5.57 Å². The van der Waals surface area contributed by atoms with Gasteiger partial charge >= 0.3 is 0 Å². The number of nitrogens with zero attached hydrogens (tertiary/aromatic N) is 2. The smallest absolute Gasteiger partial charge is 0.129 e. The summed E-state index contributed by atoms with van der Waals surface area (Å²) in [5, 5.41) is 9.44. The molecule has 3 heteroatoms. The molecule has 21 heavy (non-hydrogen) atoms. The highest BCUT2D eigenvalue weighted by atomic mass is 16.3. The van der Waals surface area contributed by atoms with Crippen molar-refractivity contribution in [3.63, 3.8) is 0 Å². The summed E-state index contributed by atoms with van der Waals surface area (Å²) in [7, 11) is 0. The van der Waals surface area contributed by atoms with Crippen molar-refractivity contribution in [1.29, 1.82) is 0 Å². The number of hydrogen-bond donors (Lipinski definition) is 1. The van der Waals surface area contributed by atoms with Gasteiger partial charge in [-0.3, -0.25) is 0 Å². The maximum Gasteiger partial charge on any atom is 0.129 e. The Kier molecular flexibility index (Phi) is 5.04. The van der Waals surface area contributed by atoms with Crippen molar-refractivity contribution >= 4 is 5.82 Å². The second-order valence-corrected chi connectivity index (χ2v) is 6.91. The molecule has 0 amide bonds. The topological polar surface area (TPSA) is 36.4 Å². The van der Waals surface area contributed by atoms with E-state index in [0.717, 1.165) is 49.4 Å². The van der Waals surface area contributed by atoms with E-state index in [0.29, 0.717) is 0 Å². The Morgan fingerprint density at radius 3 is 2.57 bits per heavy atom.